The maximum absolute atomic E-state index is 13.3. The number of imidazole rings is 1. The van der Waals surface area contributed by atoms with E-state index in [1.807, 2.05) is 67.8 Å². The Morgan fingerprint density at radius 3 is 2.62 bits per heavy atom. The zero-order valence-corrected chi connectivity index (χ0v) is 22.2. The summed E-state index contributed by atoms with van der Waals surface area (Å²) in [6.07, 6.45) is 5.46. The summed E-state index contributed by atoms with van der Waals surface area (Å²) in [5.41, 5.74) is 6.83. The lowest BCUT2D eigenvalue weighted by atomic mass is 10.00. The lowest BCUT2D eigenvalue weighted by Gasteiger charge is -2.19. The number of aromatic nitrogens is 3. The predicted molar refractivity (Wildman–Crippen MR) is 155 cm³/mol. The van der Waals surface area contributed by atoms with E-state index in [9.17, 15) is 14.7 Å². The molecule has 2 aromatic carbocycles. The highest BCUT2D eigenvalue weighted by Crippen LogP contribution is 2.32. The van der Waals surface area contributed by atoms with Crippen LogP contribution in [0.5, 0.6) is 0 Å². The molecule has 4 aromatic heterocycles. The molecule has 1 unspecified atom stereocenters. The first kappa shape index (κ1) is 25.1. The molecule has 0 radical (unpaired) electrons. The molecule has 0 aliphatic heterocycles. The van der Waals surface area contributed by atoms with Crippen molar-refractivity contribution in [3.05, 3.63) is 118 Å². The average Bonchev–Trinajstić information content (AvgIpc) is 3.28. The van der Waals surface area contributed by atoms with Crippen LogP contribution in [0.3, 0.4) is 0 Å². The number of pyridine rings is 2. The van der Waals surface area contributed by atoms with E-state index in [1.54, 1.807) is 36.7 Å². The van der Waals surface area contributed by atoms with Gasteiger partial charge in [-0.1, -0.05) is 18.2 Å². The molecule has 0 spiro atoms. The lowest BCUT2D eigenvalue weighted by molar-refractivity contribution is 0.0698. The van der Waals surface area contributed by atoms with Gasteiger partial charge in [-0.3, -0.25) is 14.2 Å². The second-order valence-corrected chi connectivity index (χ2v) is 9.85. The molecule has 2 N–H and O–H groups in total. The van der Waals surface area contributed by atoms with Crippen LogP contribution >= 0.6 is 0 Å². The molecule has 4 heterocycles. The van der Waals surface area contributed by atoms with Crippen molar-refractivity contribution in [2.24, 2.45) is 0 Å². The molecule has 0 aliphatic carbocycles. The van der Waals surface area contributed by atoms with E-state index in [4.69, 9.17) is 9.40 Å². The molecule has 8 heteroatoms. The van der Waals surface area contributed by atoms with Crippen LogP contribution in [0, 0.1) is 13.8 Å². The quantitative estimate of drug-likeness (QED) is 0.248. The van der Waals surface area contributed by atoms with Crippen molar-refractivity contribution < 1.29 is 14.3 Å². The highest BCUT2D eigenvalue weighted by Gasteiger charge is 2.19. The van der Waals surface area contributed by atoms with Crippen LogP contribution in [0.25, 0.3) is 39.2 Å². The fraction of sp³-hybridized carbons (Fsp3) is 0.125. The Balaban J connectivity index is 1.45. The fourth-order valence-electron chi connectivity index (χ4n) is 5.17. The third kappa shape index (κ3) is 4.39. The molecule has 198 valence electrons. The first-order valence-electron chi connectivity index (χ1n) is 12.9. The van der Waals surface area contributed by atoms with E-state index < -0.39 is 5.97 Å². The molecule has 0 bridgehead atoms. The average molecular weight is 531 g/mol. The molecule has 40 heavy (non-hydrogen) atoms. The number of carboxylic acids is 1. The minimum Gasteiger partial charge on any atom is -0.478 e. The number of hydrogen-bond acceptors (Lipinski definition) is 6. The van der Waals surface area contributed by atoms with Crippen LogP contribution in [0.1, 0.15) is 40.1 Å². The molecule has 6 aromatic rings. The Kier molecular flexibility index (Phi) is 6.15. The van der Waals surface area contributed by atoms with E-state index in [0.717, 1.165) is 39.3 Å². The van der Waals surface area contributed by atoms with Crippen LogP contribution in [-0.4, -0.2) is 25.4 Å². The van der Waals surface area contributed by atoms with Crippen LogP contribution in [0.2, 0.25) is 0 Å². The summed E-state index contributed by atoms with van der Waals surface area (Å²) in [6, 6.07) is 19.4. The summed E-state index contributed by atoms with van der Waals surface area (Å²) in [7, 11) is 0. The Labute approximate surface area is 229 Å². The number of carbonyl (C=O) groups is 1. The van der Waals surface area contributed by atoms with Crippen molar-refractivity contribution in [3.8, 4) is 22.6 Å². The number of aromatic carboxylic acids is 1. The summed E-state index contributed by atoms with van der Waals surface area (Å²) in [5.74, 6) is -0.596. The van der Waals surface area contributed by atoms with Crippen LogP contribution < -0.4 is 10.7 Å². The molecule has 0 aliphatic rings. The summed E-state index contributed by atoms with van der Waals surface area (Å²) in [4.78, 5) is 34.0. The Bertz CT molecular complexity index is 1980. The van der Waals surface area contributed by atoms with E-state index in [0.29, 0.717) is 22.4 Å². The first-order valence-corrected chi connectivity index (χ1v) is 12.9. The Morgan fingerprint density at radius 2 is 1.85 bits per heavy atom. The van der Waals surface area contributed by atoms with Crippen molar-refractivity contribution in [2.75, 3.05) is 5.32 Å². The van der Waals surface area contributed by atoms with E-state index in [1.165, 1.54) is 6.07 Å². The summed E-state index contributed by atoms with van der Waals surface area (Å²) in [5, 5.41) is 13.4. The number of carboxylic acid groups (broad SMARTS) is 1. The van der Waals surface area contributed by atoms with Gasteiger partial charge in [0.2, 0.25) is 0 Å². The van der Waals surface area contributed by atoms with Crippen LogP contribution in [0.15, 0.2) is 94.5 Å². The van der Waals surface area contributed by atoms with Gasteiger partial charge in [0, 0.05) is 47.0 Å². The molecule has 0 fully saturated rings. The highest BCUT2D eigenvalue weighted by atomic mass is 16.4. The summed E-state index contributed by atoms with van der Waals surface area (Å²) < 4.78 is 8.41. The van der Waals surface area contributed by atoms with Crippen molar-refractivity contribution in [1.82, 2.24) is 14.4 Å². The number of benzene rings is 2. The first-order chi connectivity index (χ1) is 19.3. The number of anilines is 1. The predicted octanol–water partition coefficient (Wildman–Crippen LogP) is 6.66. The number of hydrogen-bond donors (Lipinski definition) is 2. The molecule has 0 saturated carbocycles. The van der Waals surface area contributed by atoms with Gasteiger partial charge in [0.05, 0.1) is 28.4 Å². The fourth-order valence-corrected chi connectivity index (χ4v) is 5.17. The van der Waals surface area contributed by atoms with Crippen LogP contribution in [-0.2, 0) is 0 Å². The topological polar surface area (TPSA) is 110 Å². The summed E-state index contributed by atoms with van der Waals surface area (Å²) in [6.45, 7) is 5.79. The molecule has 0 amide bonds. The van der Waals surface area contributed by atoms with Gasteiger partial charge in [0.1, 0.15) is 17.0 Å². The standard InChI is InChI=1S/C32H26N4O4/c1-18-13-24(19(2)34-26-9-5-4-8-23(26)32(38)39)31-25(14-18)27(37)16-28(40-31)21-10-12-36-29(15-21)35-20(3)30(36)22-7-6-11-33-17-22/h4-17,19,34H,1-3H3,(H,38,39). The second-order valence-electron chi connectivity index (χ2n) is 9.85. The van der Waals surface area contributed by atoms with Gasteiger partial charge in [-0.2, -0.15) is 0 Å². The van der Waals surface area contributed by atoms with Gasteiger partial charge < -0.3 is 14.8 Å². The number of nitrogens with zero attached hydrogens (tertiary/aromatic N) is 3. The van der Waals surface area contributed by atoms with Crippen molar-refractivity contribution in [3.63, 3.8) is 0 Å². The number of para-hydroxylation sites is 1. The molecular formula is C32H26N4O4. The highest BCUT2D eigenvalue weighted by molar-refractivity contribution is 5.94. The molecule has 0 saturated heterocycles. The zero-order chi connectivity index (χ0) is 28.0. The number of nitrogens with one attached hydrogen (secondary N) is 1. The normalized spacial score (nSPS) is 12.1. The van der Waals surface area contributed by atoms with Crippen molar-refractivity contribution >= 4 is 28.3 Å². The molecular weight excluding hydrogens is 504 g/mol. The van der Waals surface area contributed by atoms with Gasteiger partial charge in [-0.05, 0) is 68.8 Å². The van der Waals surface area contributed by atoms with Crippen LogP contribution in [0.4, 0.5) is 5.69 Å². The van der Waals surface area contributed by atoms with Gasteiger partial charge in [-0.25, -0.2) is 9.78 Å². The Morgan fingerprint density at radius 1 is 1.02 bits per heavy atom. The van der Waals surface area contributed by atoms with E-state index in [2.05, 4.69) is 10.3 Å². The minimum absolute atomic E-state index is 0.158. The van der Waals surface area contributed by atoms with Crippen molar-refractivity contribution in [2.45, 2.75) is 26.8 Å². The largest absolute Gasteiger partial charge is 0.478 e. The number of fused-ring (bicyclic) bond motifs is 2. The maximum Gasteiger partial charge on any atom is 0.337 e. The molecule has 1 atom stereocenters. The smallest absolute Gasteiger partial charge is 0.337 e. The lowest BCUT2D eigenvalue weighted by Crippen LogP contribution is -2.12. The van der Waals surface area contributed by atoms with E-state index in [-0.39, 0.29) is 17.0 Å². The van der Waals surface area contributed by atoms with Gasteiger partial charge >= 0.3 is 5.97 Å². The van der Waals surface area contributed by atoms with Gasteiger partial charge in [0.25, 0.3) is 0 Å². The Hall–Kier alpha value is -5.24. The SMILES string of the molecule is Cc1cc(C(C)Nc2ccccc2C(=O)O)c2oc(-c3ccn4c(-c5cccnc5)c(C)nc4c3)cc(=O)c2c1. The maximum atomic E-state index is 13.3. The van der Waals surface area contributed by atoms with Gasteiger partial charge in [-0.15, -0.1) is 0 Å². The third-order valence-corrected chi connectivity index (χ3v) is 7.02. The van der Waals surface area contributed by atoms with Crippen molar-refractivity contribution in [1.29, 1.82) is 0 Å². The number of aryl methyl sites for hydroxylation is 2. The zero-order valence-electron chi connectivity index (χ0n) is 22.2. The number of rotatable bonds is 6. The van der Waals surface area contributed by atoms with E-state index >= 15 is 0 Å². The monoisotopic (exact) mass is 530 g/mol. The minimum atomic E-state index is -1.02. The third-order valence-electron chi connectivity index (χ3n) is 7.02. The summed E-state index contributed by atoms with van der Waals surface area (Å²) >= 11 is 0. The second kappa shape index (κ2) is 9.81. The van der Waals surface area contributed by atoms with Gasteiger partial charge in [0.15, 0.2) is 5.43 Å². The molecule has 6 rings (SSSR count). The molecule has 8 nitrogen and oxygen atoms in total.